The predicted molar refractivity (Wildman–Crippen MR) is 112 cm³/mol. The van der Waals surface area contributed by atoms with Crippen LogP contribution in [0.2, 0.25) is 0 Å². The van der Waals surface area contributed by atoms with Crippen LogP contribution < -0.4 is 21.9 Å². The maximum atomic E-state index is 14.2. The van der Waals surface area contributed by atoms with Gasteiger partial charge in [-0.2, -0.15) is 5.10 Å². The molecule has 31 heavy (non-hydrogen) atoms. The van der Waals surface area contributed by atoms with Gasteiger partial charge in [-0.05, 0) is 18.2 Å². The third-order valence-electron chi connectivity index (χ3n) is 4.57. The first kappa shape index (κ1) is 20.0. The highest BCUT2D eigenvalue weighted by Gasteiger charge is 2.24. The highest BCUT2D eigenvalue weighted by molar-refractivity contribution is 5.95. The van der Waals surface area contributed by atoms with Gasteiger partial charge in [-0.1, -0.05) is 18.2 Å². The lowest BCUT2D eigenvalue weighted by atomic mass is 10.2. The summed E-state index contributed by atoms with van der Waals surface area (Å²) in [5.74, 6) is -0.580. The van der Waals surface area contributed by atoms with Crippen LogP contribution in [0.15, 0.2) is 42.6 Å². The molecule has 1 aromatic carbocycles. The van der Waals surface area contributed by atoms with Gasteiger partial charge in [-0.3, -0.25) is 0 Å². The molecule has 158 valence electrons. The maximum Gasteiger partial charge on any atom is 0.426 e. The van der Waals surface area contributed by atoms with E-state index in [2.05, 4.69) is 25.5 Å². The number of aromatic nitrogens is 5. The quantitative estimate of drug-likeness (QED) is 0.351. The molecule has 0 spiro atoms. The molecule has 0 aliphatic carbocycles. The Labute approximate surface area is 175 Å². The average Bonchev–Trinajstić information content (AvgIpc) is 3.10. The van der Waals surface area contributed by atoms with Crippen LogP contribution in [0, 0.1) is 5.82 Å². The molecule has 0 unspecified atom stereocenters. The predicted octanol–water partition coefficient (Wildman–Crippen LogP) is 1.86. The van der Waals surface area contributed by atoms with Gasteiger partial charge < -0.3 is 16.6 Å². The number of halogens is 1. The van der Waals surface area contributed by atoms with Crippen molar-refractivity contribution in [3.05, 3.63) is 54.0 Å². The van der Waals surface area contributed by atoms with Crippen molar-refractivity contribution >= 4 is 34.4 Å². The smallest absolute Gasteiger partial charge is 0.426 e. The first-order valence-electron chi connectivity index (χ1n) is 9.09. The number of hydrogen-bond acceptors (Lipinski definition) is 8. The third kappa shape index (κ3) is 3.55. The minimum Gasteiger partial charge on any atom is -0.464 e. The first-order valence-corrected chi connectivity index (χ1v) is 9.09. The molecule has 0 fully saturated rings. The van der Waals surface area contributed by atoms with Crippen LogP contribution in [0.5, 0.6) is 0 Å². The monoisotopic (exact) mass is 423 g/mol. The number of carbonyl (C=O) groups is 1. The SMILES string of the molecule is CNN(C(=O)O)c1c(N)nc(-c2nn(Cc3ccccc3F)c3ncccc23)nc1N. The fourth-order valence-corrected chi connectivity index (χ4v) is 3.20. The molecule has 0 bridgehead atoms. The van der Waals surface area contributed by atoms with Gasteiger partial charge in [0.2, 0.25) is 0 Å². The van der Waals surface area contributed by atoms with Crippen LogP contribution in [0.4, 0.5) is 26.5 Å². The largest absolute Gasteiger partial charge is 0.464 e. The molecule has 0 saturated carbocycles. The van der Waals surface area contributed by atoms with Gasteiger partial charge in [0, 0.05) is 18.8 Å². The van der Waals surface area contributed by atoms with E-state index in [1.807, 2.05) is 0 Å². The number of anilines is 3. The van der Waals surface area contributed by atoms with Crippen molar-refractivity contribution in [3.63, 3.8) is 0 Å². The average molecular weight is 423 g/mol. The fraction of sp³-hybridized carbons (Fsp3) is 0.105. The van der Waals surface area contributed by atoms with Gasteiger partial charge in [-0.15, -0.1) is 0 Å². The fourth-order valence-electron chi connectivity index (χ4n) is 3.20. The minimum absolute atomic E-state index is 0.0884. The number of nitrogen functional groups attached to an aromatic ring is 2. The van der Waals surface area contributed by atoms with E-state index in [9.17, 15) is 14.3 Å². The molecule has 3 heterocycles. The molecule has 1 amide bonds. The van der Waals surface area contributed by atoms with E-state index in [1.54, 1.807) is 36.5 Å². The second kappa shape index (κ2) is 7.84. The maximum absolute atomic E-state index is 14.2. The summed E-state index contributed by atoms with van der Waals surface area (Å²) >= 11 is 0. The number of hydrazine groups is 1. The molecule has 11 nitrogen and oxygen atoms in total. The van der Waals surface area contributed by atoms with Crippen molar-refractivity contribution in [1.82, 2.24) is 30.2 Å². The van der Waals surface area contributed by atoms with Crippen LogP contribution in [0.25, 0.3) is 22.6 Å². The van der Waals surface area contributed by atoms with Gasteiger partial charge in [0.1, 0.15) is 17.2 Å². The number of fused-ring (bicyclic) bond motifs is 1. The van der Waals surface area contributed by atoms with Crippen molar-refractivity contribution in [1.29, 1.82) is 0 Å². The Hall–Kier alpha value is -4.32. The lowest BCUT2D eigenvalue weighted by Gasteiger charge is -2.20. The molecule has 3 aromatic heterocycles. The van der Waals surface area contributed by atoms with Crippen molar-refractivity contribution in [2.75, 3.05) is 23.5 Å². The summed E-state index contributed by atoms with van der Waals surface area (Å²) in [7, 11) is 1.39. The molecular formula is C19H18FN9O2. The topological polar surface area (TPSA) is 161 Å². The zero-order valence-corrected chi connectivity index (χ0v) is 16.3. The van der Waals surface area contributed by atoms with E-state index in [0.29, 0.717) is 27.3 Å². The summed E-state index contributed by atoms with van der Waals surface area (Å²) in [4.78, 5) is 24.2. The summed E-state index contributed by atoms with van der Waals surface area (Å²) in [6.45, 7) is 0.135. The van der Waals surface area contributed by atoms with Gasteiger partial charge >= 0.3 is 6.09 Å². The standard InChI is InChI=1S/C19H18FN9O2/c1-23-29(19(30)31)14-15(21)25-17(26-16(14)22)13-11-6-4-8-24-18(11)28(27-13)9-10-5-2-3-7-12(10)20/h2-8,23H,9H2,1H3,(H,30,31)(H4,21,22,25,26). The van der Waals surface area contributed by atoms with Crippen molar-refractivity contribution in [2.24, 2.45) is 0 Å². The van der Waals surface area contributed by atoms with Crippen LogP contribution >= 0.6 is 0 Å². The molecule has 0 atom stereocenters. The Balaban J connectivity index is 1.84. The van der Waals surface area contributed by atoms with Crippen LogP contribution in [-0.2, 0) is 6.54 Å². The normalized spacial score (nSPS) is 11.0. The van der Waals surface area contributed by atoms with Crippen molar-refractivity contribution in [2.45, 2.75) is 6.54 Å². The Morgan fingerprint density at radius 3 is 2.55 bits per heavy atom. The van der Waals surface area contributed by atoms with Crippen LogP contribution in [0.1, 0.15) is 5.56 Å². The third-order valence-corrected chi connectivity index (χ3v) is 4.57. The number of amides is 1. The van der Waals surface area contributed by atoms with Crippen LogP contribution in [-0.4, -0.2) is 43.0 Å². The Bertz CT molecular complexity index is 1270. The zero-order chi connectivity index (χ0) is 22.1. The van der Waals surface area contributed by atoms with E-state index in [1.165, 1.54) is 17.8 Å². The van der Waals surface area contributed by atoms with Gasteiger partial charge in [0.25, 0.3) is 0 Å². The summed E-state index contributed by atoms with van der Waals surface area (Å²) < 4.78 is 15.7. The molecule has 12 heteroatoms. The second-order valence-corrected chi connectivity index (χ2v) is 6.48. The lowest BCUT2D eigenvalue weighted by Crippen LogP contribution is -2.41. The molecule has 0 aliphatic rings. The number of rotatable bonds is 5. The van der Waals surface area contributed by atoms with Crippen molar-refractivity contribution < 1.29 is 14.3 Å². The van der Waals surface area contributed by atoms with Gasteiger partial charge in [0.05, 0.1) is 11.9 Å². The molecule has 4 rings (SSSR count). The highest BCUT2D eigenvalue weighted by atomic mass is 19.1. The van der Waals surface area contributed by atoms with E-state index < -0.39 is 6.09 Å². The summed E-state index contributed by atoms with van der Waals surface area (Å²) in [5, 5.41) is 15.1. The summed E-state index contributed by atoms with van der Waals surface area (Å²) in [6, 6.07) is 9.85. The van der Waals surface area contributed by atoms with Gasteiger partial charge in [0.15, 0.2) is 23.1 Å². The Morgan fingerprint density at radius 2 is 1.90 bits per heavy atom. The summed E-state index contributed by atoms with van der Waals surface area (Å²) in [5.41, 5.74) is 15.6. The number of pyridine rings is 1. The highest BCUT2D eigenvalue weighted by Crippen LogP contribution is 2.31. The molecule has 0 saturated heterocycles. The number of hydrogen-bond donors (Lipinski definition) is 4. The number of carboxylic acid groups (broad SMARTS) is 1. The first-order chi connectivity index (χ1) is 14.9. The number of nitrogens with two attached hydrogens (primary N) is 2. The van der Waals surface area contributed by atoms with E-state index in [-0.39, 0.29) is 35.5 Å². The summed E-state index contributed by atoms with van der Waals surface area (Å²) in [6.07, 6.45) is 0.261. The van der Waals surface area contributed by atoms with Crippen molar-refractivity contribution in [3.8, 4) is 11.5 Å². The van der Waals surface area contributed by atoms with E-state index >= 15 is 0 Å². The molecule has 4 aromatic rings. The molecule has 6 N–H and O–H groups in total. The molecular weight excluding hydrogens is 405 g/mol. The zero-order valence-electron chi connectivity index (χ0n) is 16.3. The lowest BCUT2D eigenvalue weighted by molar-refractivity contribution is 0.199. The number of benzene rings is 1. The van der Waals surface area contributed by atoms with Gasteiger partial charge in [-0.25, -0.2) is 39.3 Å². The number of nitrogens with one attached hydrogen (secondary N) is 1. The van der Waals surface area contributed by atoms with Crippen LogP contribution in [0.3, 0.4) is 0 Å². The van der Waals surface area contributed by atoms with E-state index in [0.717, 1.165) is 0 Å². The Morgan fingerprint density at radius 1 is 1.19 bits per heavy atom. The molecule has 0 aliphatic heterocycles. The minimum atomic E-state index is -1.33. The second-order valence-electron chi connectivity index (χ2n) is 6.48. The molecule has 0 radical (unpaired) electrons. The number of nitrogens with zero attached hydrogens (tertiary/aromatic N) is 6. The Kier molecular flexibility index (Phi) is 5.05. The van der Waals surface area contributed by atoms with E-state index in [4.69, 9.17) is 11.5 Å².